The van der Waals surface area contributed by atoms with E-state index in [9.17, 15) is 9.59 Å². The number of benzene rings is 1. The first-order valence-corrected chi connectivity index (χ1v) is 7.93. The Labute approximate surface area is 130 Å². The minimum Gasteiger partial charge on any atom is -0.464 e. The van der Waals surface area contributed by atoms with Gasteiger partial charge in [-0.25, -0.2) is 4.79 Å². The molecule has 2 heterocycles. The Kier molecular flexibility index (Phi) is 4.05. The summed E-state index contributed by atoms with van der Waals surface area (Å²) in [5.41, 5.74) is 3.13. The van der Waals surface area contributed by atoms with Crippen LogP contribution in [0, 0.1) is 12.8 Å². The zero-order chi connectivity index (χ0) is 15.7. The maximum absolute atomic E-state index is 12.3. The average Bonchev–Trinajstić information content (AvgIpc) is 2.68. The van der Waals surface area contributed by atoms with Gasteiger partial charge in [-0.15, -0.1) is 0 Å². The lowest BCUT2D eigenvalue weighted by molar-refractivity contribution is -0.146. The van der Waals surface area contributed by atoms with Gasteiger partial charge < -0.3 is 15.4 Å². The average molecular weight is 302 g/mol. The summed E-state index contributed by atoms with van der Waals surface area (Å²) in [6.07, 6.45) is 2.14. The van der Waals surface area contributed by atoms with Gasteiger partial charge in [-0.05, 0) is 38.3 Å². The van der Waals surface area contributed by atoms with E-state index in [0.717, 1.165) is 29.7 Å². The minimum absolute atomic E-state index is 0.0276. The highest BCUT2D eigenvalue weighted by Gasteiger charge is 2.42. The van der Waals surface area contributed by atoms with E-state index in [1.54, 1.807) is 0 Å². The Bertz CT molecular complexity index is 600. The van der Waals surface area contributed by atoms with E-state index in [1.165, 1.54) is 0 Å². The lowest BCUT2D eigenvalue weighted by Gasteiger charge is -2.38. The Morgan fingerprint density at radius 2 is 2.18 bits per heavy atom. The van der Waals surface area contributed by atoms with E-state index < -0.39 is 6.04 Å². The molecule has 2 aliphatic heterocycles. The molecule has 1 fully saturated rings. The monoisotopic (exact) mass is 302 g/mol. The maximum atomic E-state index is 12.3. The fourth-order valence-corrected chi connectivity index (χ4v) is 3.50. The molecule has 118 valence electrons. The lowest BCUT2D eigenvalue weighted by atomic mass is 9.80. The summed E-state index contributed by atoms with van der Waals surface area (Å²) in [4.78, 5) is 24.3. The smallest absolute Gasteiger partial charge is 0.328 e. The highest BCUT2D eigenvalue weighted by molar-refractivity contribution is 5.83. The highest BCUT2D eigenvalue weighted by Crippen LogP contribution is 2.41. The predicted octanol–water partition coefficient (Wildman–Crippen LogP) is 2.31. The van der Waals surface area contributed by atoms with Crippen LogP contribution in [0.15, 0.2) is 18.2 Å². The molecule has 1 amide bonds. The molecule has 2 aliphatic rings. The summed E-state index contributed by atoms with van der Waals surface area (Å²) in [6, 6.07) is 5.54. The number of fused-ring (bicyclic) bond motifs is 3. The number of carbonyl (C=O) groups is 2. The third kappa shape index (κ3) is 2.67. The van der Waals surface area contributed by atoms with Crippen molar-refractivity contribution >= 4 is 17.6 Å². The van der Waals surface area contributed by atoms with Crippen molar-refractivity contribution in [3.63, 3.8) is 0 Å². The third-order valence-electron chi connectivity index (χ3n) is 4.51. The second-order valence-corrected chi connectivity index (χ2v) is 6.07. The van der Waals surface area contributed by atoms with Gasteiger partial charge in [0.2, 0.25) is 5.91 Å². The maximum Gasteiger partial charge on any atom is 0.328 e. The van der Waals surface area contributed by atoms with Crippen molar-refractivity contribution < 1.29 is 14.3 Å². The molecule has 1 saturated heterocycles. The molecular formula is C17H22N2O3. The molecule has 0 aliphatic carbocycles. The zero-order valence-electron chi connectivity index (χ0n) is 13.0. The van der Waals surface area contributed by atoms with Crippen molar-refractivity contribution in [1.29, 1.82) is 0 Å². The van der Waals surface area contributed by atoms with Crippen LogP contribution in [0.25, 0.3) is 0 Å². The molecule has 5 heteroatoms. The second kappa shape index (κ2) is 5.99. The fourth-order valence-electron chi connectivity index (χ4n) is 3.50. The molecule has 0 bridgehead atoms. The number of anilines is 1. The Hall–Kier alpha value is -2.04. The second-order valence-electron chi connectivity index (χ2n) is 6.07. The van der Waals surface area contributed by atoms with Crippen LogP contribution in [0.4, 0.5) is 5.69 Å². The van der Waals surface area contributed by atoms with Crippen LogP contribution in [0.5, 0.6) is 0 Å². The highest BCUT2D eigenvalue weighted by atomic mass is 16.5. The molecule has 22 heavy (non-hydrogen) atoms. The van der Waals surface area contributed by atoms with Crippen molar-refractivity contribution in [1.82, 2.24) is 5.32 Å². The third-order valence-corrected chi connectivity index (χ3v) is 4.51. The number of carbonyl (C=O) groups excluding carboxylic acids is 2. The number of hydrogen-bond acceptors (Lipinski definition) is 4. The van der Waals surface area contributed by atoms with E-state index >= 15 is 0 Å². The zero-order valence-corrected chi connectivity index (χ0v) is 13.0. The molecule has 3 rings (SSSR count). The molecule has 0 radical (unpaired) electrons. The van der Waals surface area contributed by atoms with Gasteiger partial charge in [0.25, 0.3) is 0 Å². The number of rotatable bonds is 2. The summed E-state index contributed by atoms with van der Waals surface area (Å²) in [5.74, 6) is -0.149. The number of amides is 1. The van der Waals surface area contributed by atoms with Gasteiger partial charge in [-0.3, -0.25) is 4.79 Å². The molecule has 0 saturated carbocycles. The summed E-state index contributed by atoms with van der Waals surface area (Å²) in [5, 5.41) is 6.43. The molecule has 0 unspecified atom stereocenters. The van der Waals surface area contributed by atoms with Gasteiger partial charge in [0.1, 0.15) is 6.04 Å². The lowest BCUT2D eigenvalue weighted by Crippen LogP contribution is -2.48. The van der Waals surface area contributed by atoms with E-state index in [-0.39, 0.29) is 23.8 Å². The first-order valence-electron chi connectivity index (χ1n) is 7.93. The number of esters is 1. The molecule has 2 N–H and O–H groups in total. The first kappa shape index (κ1) is 14.9. The van der Waals surface area contributed by atoms with Crippen molar-refractivity contribution in [2.45, 2.75) is 45.2 Å². The normalized spacial score (nSPS) is 26.8. The van der Waals surface area contributed by atoms with Crippen LogP contribution in [0.3, 0.4) is 0 Å². The van der Waals surface area contributed by atoms with Gasteiger partial charge in [0, 0.05) is 18.0 Å². The number of nitrogens with one attached hydrogen (secondary N) is 2. The van der Waals surface area contributed by atoms with Gasteiger partial charge in [0.15, 0.2) is 0 Å². The quantitative estimate of drug-likeness (QED) is 0.823. The van der Waals surface area contributed by atoms with Crippen molar-refractivity contribution in [3.8, 4) is 0 Å². The minimum atomic E-state index is -0.404. The molecule has 5 nitrogen and oxygen atoms in total. The summed E-state index contributed by atoms with van der Waals surface area (Å²) in [6.45, 7) is 4.21. The van der Waals surface area contributed by atoms with Crippen LogP contribution in [0.2, 0.25) is 0 Å². The molecule has 3 atom stereocenters. The largest absolute Gasteiger partial charge is 0.464 e. The van der Waals surface area contributed by atoms with E-state index in [1.807, 2.05) is 26.0 Å². The molecule has 0 aromatic heterocycles. The molecular weight excluding hydrogens is 280 g/mol. The van der Waals surface area contributed by atoms with Crippen LogP contribution in [-0.2, 0) is 14.3 Å². The van der Waals surface area contributed by atoms with Gasteiger partial charge >= 0.3 is 5.97 Å². The molecule has 0 spiro atoms. The van der Waals surface area contributed by atoms with E-state index in [4.69, 9.17) is 4.74 Å². The van der Waals surface area contributed by atoms with Crippen LogP contribution in [0.1, 0.15) is 43.4 Å². The number of aryl methyl sites for hydroxylation is 1. The van der Waals surface area contributed by atoms with Crippen LogP contribution < -0.4 is 10.6 Å². The summed E-state index contributed by atoms with van der Waals surface area (Å²) < 4.78 is 5.22. The SMILES string of the molecule is CCOC(=O)[C@@H]1Nc2ccc(C)cc2[C@H]2NC(=O)CCC[C@H]21. The Morgan fingerprint density at radius 3 is 2.95 bits per heavy atom. The van der Waals surface area contributed by atoms with Gasteiger partial charge in [-0.1, -0.05) is 17.7 Å². The van der Waals surface area contributed by atoms with Gasteiger partial charge in [-0.2, -0.15) is 0 Å². The first-order chi connectivity index (χ1) is 10.6. The van der Waals surface area contributed by atoms with Gasteiger partial charge in [0.05, 0.1) is 12.6 Å². The van der Waals surface area contributed by atoms with E-state index in [2.05, 4.69) is 16.7 Å². The van der Waals surface area contributed by atoms with Crippen molar-refractivity contribution in [2.24, 2.45) is 5.92 Å². The molecule has 1 aromatic rings. The van der Waals surface area contributed by atoms with E-state index in [0.29, 0.717) is 13.0 Å². The van der Waals surface area contributed by atoms with Crippen molar-refractivity contribution in [2.75, 3.05) is 11.9 Å². The van der Waals surface area contributed by atoms with Crippen LogP contribution >= 0.6 is 0 Å². The fraction of sp³-hybridized carbons (Fsp3) is 0.529. The Balaban J connectivity index is 2.01. The van der Waals surface area contributed by atoms with Crippen molar-refractivity contribution in [3.05, 3.63) is 29.3 Å². The topological polar surface area (TPSA) is 67.4 Å². The number of ether oxygens (including phenoxy) is 1. The summed E-state index contributed by atoms with van der Waals surface area (Å²) in [7, 11) is 0. The molecule has 1 aromatic carbocycles. The summed E-state index contributed by atoms with van der Waals surface area (Å²) >= 11 is 0. The Morgan fingerprint density at radius 1 is 1.36 bits per heavy atom. The standard InChI is InChI=1S/C17H22N2O3/c1-3-22-17(21)16-11-5-4-6-14(20)19-15(11)12-9-10(2)7-8-13(12)18-16/h7-9,11,15-16,18H,3-6H2,1-2H3,(H,19,20)/t11-,15+,16-/m1/s1. The number of hydrogen-bond donors (Lipinski definition) is 2. The van der Waals surface area contributed by atoms with Crippen LogP contribution in [-0.4, -0.2) is 24.5 Å². The predicted molar refractivity (Wildman–Crippen MR) is 83.4 cm³/mol.